The molecular formula is C19H26N2O5S2. The van der Waals surface area contributed by atoms with Gasteiger partial charge in [-0.15, -0.1) is 0 Å². The number of nitrogens with one attached hydrogen (secondary N) is 2. The van der Waals surface area contributed by atoms with Crippen molar-refractivity contribution in [2.24, 2.45) is 0 Å². The molecule has 1 aromatic rings. The van der Waals surface area contributed by atoms with Gasteiger partial charge in [0.2, 0.25) is 0 Å². The fourth-order valence-corrected chi connectivity index (χ4v) is 3.84. The average Bonchev–Trinajstić information content (AvgIpc) is 2.69. The molecule has 0 spiro atoms. The average molecular weight is 427 g/mol. The van der Waals surface area contributed by atoms with Crippen LogP contribution in [0.5, 0.6) is 0 Å². The van der Waals surface area contributed by atoms with Gasteiger partial charge in [-0.3, -0.25) is 9.59 Å². The van der Waals surface area contributed by atoms with Crippen LogP contribution >= 0.6 is 21.6 Å². The number of carbonyl (C=O) groups is 3. The highest BCUT2D eigenvalue weighted by Crippen LogP contribution is 2.19. The summed E-state index contributed by atoms with van der Waals surface area (Å²) in [7, 11) is 3.07. The molecular weight excluding hydrogens is 400 g/mol. The Kier molecular flexibility index (Phi) is 11.9. The Hall–Kier alpha value is -2.13. The summed E-state index contributed by atoms with van der Waals surface area (Å²) in [5.74, 6) is -0.613. The maximum absolute atomic E-state index is 12.1. The Bertz CT molecular complexity index is 677. The van der Waals surface area contributed by atoms with Crippen molar-refractivity contribution in [3.63, 3.8) is 0 Å². The van der Waals surface area contributed by atoms with Crippen molar-refractivity contribution < 1.29 is 24.2 Å². The fourth-order valence-electron chi connectivity index (χ4n) is 2.02. The molecule has 0 radical (unpaired) electrons. The van der Waals surface area contributed by atoms with Crippen LogP contribution in [0.4, 0.5) is 0 Å². The summed E-state index contributed by atoms with van der Waals surface area (Å²) < 4.78 is 4.58. The summed E-state index contributed by atoms with van der Waals surface area (Å²) in [5.41, 5.74) is 2.40. The number of rotatable bonds is 11. The van der Waals surface area contributed by atoms with Crippen LogP contribution in [0.2, 0.25) is 0 Å². The fraction of sp³-hybridized carbons (Fsp3) is 0.421. The first-order valence-electron chi connectivity index (χ1n) is 8.84. The Morgan fingerprint density at radius 3 is 2.14 bits per heavy atom. The monoisotopic (exact) mass is 426 g/mol. The first-order chi connectivity index (χ1) is 13.5. The van der Waals surface area contributed by atoms with E-state index < -0.39 is 11.9 Å². The van der Waals surface area contributed by atoms with Gasteiger partial charge in [0.15, 0.2) is 0 Å². The van der Waals surface area contributed by atoms with Gasteiger partial charge in [0.1, 0.15) is 0 Å². The molecule has 0 bridgehead atoms. The molecule has 0 aliphatic carbocycles. The number of esters is 1. The van der Waals surface area contributed by atoms with Crippen LogP contribution in [0.15, 0.2) is 36.1 Å². The van der Waals surface area contributed by atoms with Crippen molar-refractivity contribution in [2.75, 3.05) is 31.2 Å². The number of benzene rings is 1. The summed E-state index contributed by atoms with van der Waals surface area (Å²) in [4.78, 5) is 34.5. The second-order valence-electron chi connectivity index (χ2n) is 5.69. The minimum absolute atomic E-state index is 0.167. The maximum atomic E-state index is 12.1. The van der Waals surface area contributed by atoms with E-state index in [1.807, 2.05) is 31.2 Å². The second kappa shape index (κ2) is 14.0. The third-order valence-electron chi connectivity index (χ3n) is 3.45. The highest BCUT2D eigenvalue weighted by molar-refractivity contribution is 8.76. The molecule has 1 rings (SSSR count). The first kappa shape index (κ1) is 23.9. The number of aryl methyl sites for hydroxylation is 1. The van der Waals surface area contributed by atoms with Gasteiger partial charge in [-0.1, -0.05) is 51.4 Å². The minimum Gasteiger partial charge on any atom is -0.515 e. The molecule has 154 valence electrons. The molecule has 0 aromatic heterocycles. The summed E-state index contributed by atoms with van der Waals surface area (Å²) in [6.45, 7) is 4.61. The van der Waals surface area contributed by atoms with Gasteiger partial charge in [-0.25, -0.2) is 4.79 Å². The van der Waals surface area contributed by atoms with Crippen molar-refractivity contribution in [1.29, 1.82) is 0 Å². The standard InChI is InChI=1S/C19H26N2O5S2/c1-3-26-19(25)18(24)21-9-11-28-27-10-8-20-17(23)16(13-22)12-15-6-4-14(2)5-7-15/h4-7,13,22H,3,8-12H2,1-2H3,(H,20,23)(H,21,24)/b16-13+. The summed E-state index contributed by atoms with van der Waals surface area (Å²) >= 11 is 0. The van der Waals surface area contributed by atoms with E-state index in [2.05, 4.69) is 15.4 Å². The maximum Gasteiger partial charge on any atom is 0.396 e. The van der Waals surface area contributed by atoms with Crippen LogP contribution in [-0.2, 0) is 25.5 Å². The van der Waals surface area contributed by atoms with Crippen LogP contribution in [0.25, 0.3) is 0 Å². The number of hydrogen-bond acceptors (Lipinski definition) is 7. The molecule has 1 aromatic carbocycles. The quantitative estimate of drug-likeness (QED) is 0.124. The number of amides is 2. The lowest BCUT2D eigenvalue weighted by Crippen LogP contribution is -2.33. The number of ether oxygens (including phenoxy) is 1. The molecule has 0 saturated heterocycles. The number of aliphatic hydroxyl groups excluding tert-OH is 1. The molecule has 0 fully saturated rings. The lowest BCUT2D eigenvalue weighted by Gasteiger charge is -2.08. The Morgan fingerprint density at radius 1 is 1.04 bits per heavy atom. The molecule has 3 N–H and O–H groups in total. The van der Waals surface area contributed by atoms with E-state index in [-0.39, 0.29) is 12.5 Å². The summed E-state index contributed by atoms with van der Waals surface area (Å²) in [6.07, 6.45) is 1.22. The van der Waals surface area contributed by atoms with Gasteiger partial charge in [0.05, 0.1) is 18.4 Å². The number of hydrogen-bond donors (Lipinski definition) is 3. The third kappa shape index (κ3) is 9.70. The van der Waals surface area contributed by atoms with E-state index in [0.29, 0.717) is 36.6 Å². The van der Waals surface area contributed by atoms with Gasteiger partial charge in [-0.05, 0) is 19.4 Å². The predicted molar refractivity (Wildman–Crippen MR) is 113 cm³/mol. The van der Waals surface area contributed by atoms with Gasteiger partial charge < -0.3 is 20.5 Å². The summed E-state index contributed by atoms with van der Waals surface area (Å²) in [6, 6.07) is 7.79. The molecule has 7 nitrogen and oxygen atoms in total. The van der Waals surface area contributed by atoms with Gasteiger partial charge >= 0.3 is 11.9 Å². The van der Waals surface area contributed by atoms with Gasteiger partial charge in [0, 0.05) is 31.0 Å². The zero-order chi connectivity index (χ0) is 20.8. The van der Waals surface area contributed by atoms with E-state index in [1.54, 1.807) is 17.7 Å². The Balaban J connectivity index is 2.14. The van der Waals surface area contributed by atoms with Crippen molar-refractivity contribution in [3.05, 3.63) is 47.2 Å². The highest BCUT2D eigenvalue weighted by Gasteiger charge is 2.13. The van der Waals surface area contributed by atoms with Gasteiger partial charge in [0.25, 0.3) is 5.91 Å². The van der Waals surface area contributed by atoms with Crippen LogP contribution in [0.1, 0.15) is 18.1 Å². The molecule has 0 heterocycles. The number of aliphatic hydroxyl groups is 1. The zero-order valence-corrected chi connectivity index (χ0v) is 17.7. The van der Waals surface area contributed by atoms with Crippen molar-refractivity contribution >= 4 is 39.4 Å². The van der Waals surface area contributed by atoms with Crippen molar-refractivity contribution in [2.45, 2.75) is 20.3 Å². The first-order valence-corrected chi connectivity index (χ1v) is 11.3. The predicted octanol–water partition coefficient (Wildman–Crippen LogP) is 2.16. The van der Waals surface area contributed by atoms with E-state index in [0.717, 1.165) is 17.4 Å². The molecule has 9 heteroatoms. The third-order valence-corrected chi connectivity index (χ3v) is 5.86. The Morgan fingerprint density at radius 2 is 1.61 bits per heavy atom. The molecule has 0 unspecified atom stereocenters. The van der Waals surface area contributed by atoms with Crippen LogP contribution in [-0.4, -0.2) is 54.1 Å². The van der Waals surface area contributed by atoms with E-state index >= 15 is 0 Å². The van der Waals surface area contributed by atoms with E-state index in [4.69, 9.17) is 0 Å². The molecule has 2 amide bonds. The van der Waals surface area contributed by atoms with Crippen LogP contribution < -0.4 is 10.6 Å². The second-order valence-corrected chi connectivity index (χ2v) is 8.40. The smallest absolute Gasteiger partial charge is 0.396 e. The van der Waals surface area contributed by atoms with Crippen molar-refractivity contribution in [3.8, 4) is 0 Å². The highest BCUT2D eigenvalue weighted by atomic mass is 33.1. The zero-order valence-electron chi connectivity index (χ0n) is 16.0. The van der Waals surface area contributed by atoms with Crippen LogP contribution in [0.3, 0.4) is 0 Å². The Labute approximate surface area is 173 Å². The van der Waals surface area contributed by atoms with Crippen LogP contribution in [0, 0.1) is 6.92 Å². The molecule has 0 aliphatic heterocycles. The normalized spacial score (nSPS) is 11.0. The van der Waals surface area contributed by atoms with E-state index in [9.17, 15) is 19.5 Å². The van der Waals surface area contributed by atoms with E-state index in [1.165, 1.54) is 10.8 Å². The largest absolute Gasteiger partial charge is 0.515 e. The van der Waals surface area contributed by atoms with Crippen molar-refractivity contribution in [1.82, 2.24) is 10.6 Å². The minimum atomic E-state index is -0.874. The summed E-state index contributed by atoms with van der Waals surface area (Å²) in [5, 5.41) is 14.6. The lowest BCUT2D eigenvalue weighted by molar-refractivity contribution is -0.154. The SMILES string of the molecule is CCOC(=O)C(=O)NCCSSCCNC(=O)/C(=C/O)Cc1ccc(C)cc1. The van der Waals surface area contributed by atoms with Gasteiger partial charge in [-0.2, -0.15) is 0 Å². The molecule has 28 heavy (non-hydrogen) atoms. The molecule has 0 atom stereocenters. The molecule has 0 aliphatic rings. The molecule has 0 saturated carbocycles. The topological polar surface area (TPSA) is 105 Å². The lowest BCUT2D eigenvalue weighted by atomic mass is 10.0. The number of carbonyl (C=O) groups excluding carboxylic acids is 3.